The van der Waals surface area contributed by atoms with Gasteiger partial charge in [-0.2, -0.15) is 0 Å². The SMILES string of the molecule is Cl.NCc1ccc(CNC(=O)[C@@H]2COc3ccccc3O2)c(F)c1. The van der Waals surface area contributed by atoms with Gasteiger partial charge in [-0.1, -0.05) is 24.3 Å². The molecule has 24 heavy (non-hydrogen) atoms. The Hall–Kier alpha value is -2.31. The van der Waals surface area contributed by atoms with Gasteiger partial charge in [0.15, 0.2) is 11.5 Å². The molecular weight excluding hydrogens is 335 g/mol. The number of ether oxygens (including phenoxy) is 2. The molecule has 1 atom stereocenters. The number of halogens is 2. The van der Waals surface area contributed by atoms with E-state index in [1.165, 1.54) is 6.07 Å². The van der Waals surface area contributed by atoms with E-state index < -0.39 is 6.10 Å². The third kappa shape index (κ3) is 3.96. The van der Waals surface area contributed by atoms with E-state index in [2.05, 4.69) is 5.32 Å². The molecule has 3 N–H and O–H groups in total. The Labute approximate surface area is 145 Å². The van der Waals surface area contributed by atoms with E-state index in [9.17, 15) is 9.18 Å². The quantitative estimate of drug-likeness (QED) is 0.884. The lowest BCUT2D eigenvalue weighted by Crippen LogP contribution is -2.43. The lowest BCUT2D eigenvalue weighted by atomic mass is 10.1. The summed E-state index contributed by atoms with van der Waals surface area (Å²) in [5.41, 5.74) is 6.56. The molecule has 1 aliphatic rings. The van der Waals surface area contributed by atoms with Crippen LogP contribution in [-0.2, 0) is 17.9 Å². The van der Waals surface area contributed by atoms with Gasteiger partial charge in [0.1, 0.15) is 12.4 Å². The number of fused-ring (bicyclic) bond motifs is 1. The first-order valence-corrected chi connectivity index (χ1v) is 7.31. The monoisotopic (exact) mass is 352 g/mol. The van der Waals surface area contributed by atoms with E-state index in [0.717, 1.165) is 0 Å². The van der Waals surface area contributed by atoms with E-state index in [1.54, 1.807) is 30.3 Å². The number of nitrogens with one attached hydrogen (secondary N) is 1. The third-order valence-corrected chi connectivity index (χ3v) is 3.61. The second kappa shape index (κ2) is 7.99. The Kier molecular flexibility index (Phi) is 6.00. The van der Waals surface area contributed by atoms with Crippen LogP contribution in [0.5, 0.6) is 11.5 Å². The van der Waals surface area contributed by atoms with Crippen molar-refractivity contribution in [1.82, 2.24) is 5.32 Å². The molecule has 0 radical (unpaired) electrons. The molecule has 1 amide bonds. The highest BCUT2D eigenvalue weighted by Crippen LogP contribution is 2.30. The van der Waals surface area contributed by atoms with E-state index in [0.29, 0.717) is 22.6 Å². The molecule has 0 aliphatic carbocycles. The van der Waals surface area contributed by atoms with Crippen molar-refractivity contribution in [1.29, 1.82) is 0 Å². The zero-order valence-electron chi connectivity index (χ0n) is 12.8. The van der Waals surface area contributed by atoms with Gasteiger partial charge in [-0.05, 0) is 23.8 Å². The molecule has 3 rings (SSSR count). The zero-order valence-corrected chi connectivity index (χ0v) is 13.6. The van der Waals surface area contributed by atoms with Crippen molar-refractivity contribution in [3.8, 4) is 11.5 Å². The molecule has 0 spiro atoms. The van der Waals surface area contributed by atoms with Crippen LogP contribution in [0.2, 0.25) is 0 Å². The number of hydrogen-bond donors (Lipinski definition) is 2. The minimum atomic E-state index is -0.753. The summed E-state index contributed by atoms with van der Waals surface area (Å²) in [7, 11) is 0. The molecule has 2 aromatic rings. The van der Waals surface area contributed by atoms with Crippen LogP contribution in [0.4, 0.5) is 4.39 Å². The average Bonchev–Trinajstić information content (AvgIpc) is 2.59. The minimum absolute atomic E-state index is 0. The maximum atomic E-state index is 13.9. The van der Waals surface area contributed by atoms with Crippen molar-refractivity contribution in [3.05, 3.63) is 59.4 Å². The van der Waals surface area contributed by atoms with Crippen LogP contribution in [-0.4, -0.2) is 18.6 Å². The van der Waals surface area contributed by atoms with E-state index in [4.69, 9.17) is 15.2 Å². The van der Waals surface area contributed by atoms with Gasteiger partial charge in [-0.15, -0.1) is 12.4 Å². The fourth-order valence-corrected chi connectivity index (χ4v) is 2.31. The summed E-state index contributed by atoms with van der Waals surface area (Å²) in [5, 5.41) is 2.66. The number of nitrogens with two attached hydrogens (primary N) is 1. The lowest BCUT2D eigenvalue weighted by Gasteiger charge is -2.25. The fraction of sp³-hybridized carbons (Fsp3) is 0.235. The first kappa shape index (κ1) is 18.0. The number of carbonyl (C=O) groups excluding carboxylic acids is 1. The van der Waals surface area contributed by atoms with Gasteiger partial charge in [0.25, 0.3) is 5.91 Å². The standard InChI is InChI=1S/C17H17FN2O3.ClH/c18-13-7-11(8-19)5-6-12(13)9-20-17(21)16-10-22-14-3-1-2-4-15(14)23-16;/h1-7,16H,8-10,19H2,(H,20,21);1H/t16-;/m0./s1. The third-order valence-electron chi connectivity index (χ3n) is 3.61. The second-order valence-electron chi connectivity index (χ2n) is 5.21. The maximum absolute atomic E-state index is 13.9. The Morgan fingerprint density at radius 1 is 1.25 bits per heavy atom. The first-order chi connectivity index (χ1) is 11.2. The lowest BCUT2D eigenvalue weighted by molar-refractivity contribution is -0.130. The summed E-state index contributed by atoms with van der Waals surface area (Å²) >= 11 is 0. The molecule has 0 fully saturated rings. The van der Waals surface area contributed by atoms with Crippen molar-refractivity contribution in [2.24, 2.45) is 5.73 Å². The second-order valence-corrected chi connectivity index (χ2v) is 5.21. The maximum Gasteiger partial charge on any atom is 0.264 e. The predicted molar refractivity (Wildman–Crippen MR) is 89.7 cm³/mol. The van der Waals surface area contributed by atoms with Crippen LogP contribution in [0.15, 0.2) is 42.5 Å². The largest absolute Gasteiger partial charge is 0.485 e. The summed E-state index contributed by atoms with van der Waals surface area (Å²) in [4.78, 5) is 12.2. The molecule has 0 aromatic heterocycles. The molecular formula is C17H18ClFN2O3. The predicted octanol–water partition coefficient (Wildman–Crippen LogP) is 2.16. The number of para-hydroxylation sites is 2. The summed E-state index contributed by atoms with van der Waals surface area (Å²) < 4.78 is 25.0. The molecule has 7 heteroatoms. The molecule has 0 saturated carbocycles. The van der Waals surface area contributed by atoms with Gasteiger partial charge in [-0.25, -0.2) is 4.39 Å². The Morgan fingerprint density at radius 2 is 2.00 bits per heavy atom. The molecule has 0 unspecified atom stereocenters. The van der Waals surface area contributed by atoms with Crippen molar-refractivity contribution in [3.63, 3.8) is 0 Å². The topological polar surface area (TPSA) is 73.6 Å². The average molecular weight is 353 g/mol. The van der Waals surface area contributed by atoms with Gasteiger partial charge in [0, 0.05) is 18.7 Å². The molecule has 0 bridgehead atoms. The van der Waals surface area contributed by atoms with Crippen LogP contribution in [0.1, 0.15) is 11.1 Å². The Morgan fingerprint density at radius 3 is 2.71 bits per heavy atom. The van der Waals surface area contributed by atoms with Crippen LogP contribution >= 0.6 is 12.4 Å². The summed E-state index contributed by atoms with van der Waals surface area (Å²) in [5.74, 6) is 0.401. The van der Waals surface area contributed by atoms with Crippen LogP contribution in [0.3, 0.4) is 0 Å². The number of benzene rings is 2. The van der Waals surface area contributed by atoms with Crippen LogP contribution in [0, 0.1) is 5.82 Å². The Bertz CT molecular complexity index is 727. The van der Waals surface area contributed by atoms with Gasteiger partial charge >= 0.3 is 0 Å². The van der Waals surface area contributed by atoms with Gasteiger partial charge in [0.05, 0.1) is 0 Å². The van der Waals surface area contributed by atoms with Gasteiger partial charge in [-0.3, -0.25) is 4.79 Å². The number of amides is 1. The van der Waals surface area contributed by atoms with Crippen molar-refractivity contribution >= 4 is 18.3 Å². The number of rotatable bonds is 4. The van der Waals surface area contributed by atoms with Crippen molar-refractivity contribution in [2.45, 2.75) is 19.2 Å². The number of hydrogen-bond acceptors (Lipinski definition) is 4. The summed E-state index contributed by atoms with van der Waals surface area (Å²) in [6, 6.07) is 11.9. The molecule has 1 aliphatic heterocycles. The number of carbonyl (C=O) groups is 1. The van der Waals surface area contributed by atoms with E-state index in [-0.39, 0.29) is 43.8 Å². The highest BCUT2D eigenvalue weighted by Gasteiger charge is 2.27. The van der Waals surface area contributed by atoms with Crippen LogP contribution < -0.4 is 20.5 Å². The molecule has 5 nitrogen and oxygen atoms in total. The normalized spacial score (nSPS) is 15.3. The molecule has 128 valence electrons. The van der Waals surface area contributed by atoms with E-state index >= 15 is 0 Å². The first-order valence-electron chi connectivity index (χ1n) is 7.31. The Balaban J connectivity index is 0.00000208. The highest BCUT2D eigenvalue weighted by atomic mass is 35.5. The zero-order chi connectivity index (χ0) is 16.2. The smallest absolute Gasteiger partial charge is 0.264 e. The summed E-state index contributed by atoms with van der Waals surface area (Å²) in [6.45, 7) is 0.477. The molecule has 2 aromatic carbocycles. The summed E-state index contributed by atoms with van der Waals surface area (Å²) in [6.07, 6.45) is -0.753. The van der Waals surface area contributed by atoms with Crippen molar-refractivity contribution < 1.29 is 18.7 Å². The minimum Gasteiger partial charge on any atom is -0.485 e. The van der Waals surface area contributed by atoms with Crippen molar-refractivity contribution in [2.75, 3.05) is 6.61 Å². The van der Waals surface area contributed by atoms with Gasteiger partial charge in [0.2, 0.25) is 6.10 Å². The van der Waals surface area contributed by atoms with Crippen LogP contribution in [0.25, 0.3) is 0 Å². The van der Waals surface area contributed by atoms with Gasteiger partial charge < -0.3 is 20.5 Å². The molecule has 0 saturated heterocycles. The van der Waals surface area contributed by atoms with E-state index in [1.807, 2.05) is 6.07 Å². The highest BCUT2D eigenvalue weighted by molar-refractivity contribution is 5.85. The fourth-order valence-electron chi connectivity index (χ4n) is 2.31. The molecule has 1 heterocycles.